The Bertz CT molecular complexity index is 427. The summed E-state index contributed by atoms with van der Waals surface area (Å²) in [4.78, 5) is 11.1. The third-order valence-corrected chi connectivity index (χ3v) is 2.53. The van der Waals surface area contributed by atoms with Gasteiger partial charge in [-0.1, -0.05) is 0 Å². The number of nitrogens with one attached hydrogen (secondary N) is 1. The Morgan fingerprint density at radius 3 is 3.00 bits per heavy atom. The van der Waals surface area contributed by atoms with E-state index in [0.717, 1.165) is 23.4 Å². The normalized spacial score (nSPS) is 16.4. The van der Waals surface area contributed by atoms with E-state index in [-0.39, 0.29) is 18.1 Å². The van der Waals surface area contributed by atoms with Crippen LogP contribution >= 0.6 is 0 Å². The van der Waals surface area contributed by atoms with Crippen LogP contribution in [0, 0.1) is 0 Å². The first kappa shape index (κ1) is 11.0. The molecule has 0 bridgehead atoms. The van der Waals surface area contributed by atoms with Crippen LogP contribution in [0.1, 0.15) is 19.4 Å². The molecule has 4 heteroatoms. The molecule has 1 amide bonds. The molecule has 0 aliphatic carbocycles. The summed E-state index contributed by atoms with van der Waals surface area (Å²) >= 11 is 0. The molecule has 0 radical (unpaired) electrons. The maximum atomic E-state index is 11.1. The quantitative estimate of drug-likeness (QED) is 0.789. The van der Waals surface area contributed by atoms with Crippen LogP contribution in [0.5, 0.6) is 5.75 Å². The highest BCUT2D eigenvalue weighted by molar-refractivity contribution is 5.92. The molecule has 1 aliphatic rings. The third-order valence-electron chi connectivity index (χ3n) is 2.53. The fourth-order valence-corrected chi connectivity index (χ4v) is 1.90. The van der Waals surface area contributed by atoms with Crippen LogP contribution in [0.2, 0.25) is 0 Å². The van der Waals surface area contributed by atoms with Crippen LogP contribution < -0.4 is 15.8 Å². The lowest BCUT2D eigenvalue weighted by molar-refractivity contribution is -0.114. The zero-order valence-electron chi connectivity index (χ0n) is 9.54. The van der Waals surface area contributed by atoms with Gasteiger partial charge in [-0.05, 0) is 32.0 Å². The molecular formula is C12H16N2O2. The van der Waals surface area contributed by atoms with Crippen molar-refractivity contribution < 1.29 is 9.53 Å². The van der Waals surface area contributed by atoms with Crippen molar-refractivity contribution in [2.24, 2.45) is 5.73 Å². The molecule has 86 valence electrons. The molecule has 0 fully saturated rings. The Kier molecular flexibility index (Phi) is 2.59. The number of carbonyl (C=O) groups excluding carboxylic acids is 1. The first-order chi connectivity index (χ1) is 7.50. The standard InChI is InChI=1S/C12H16N2O2/c1-12(2)6-8-5-9(14-11(15)7-13)3-4-10(8)16-12/h3-5H,6-7,13H2,1-2H3,(H,14,15). The number of carbonyl (C=O) groups is 1. The van der Waals surface area contributed by atoms with E-state index in [4.69, 9.17) is 10.5 Å². The van der Waals surface area contributed by atoms with Gasteiger partial charge in [0.15, 0.2) is 0 Å². The Labute approximate surface area is 94.8 Å². The van der Waals surface area contributed by atoms with E-state index in [9.17, 15) is 4.79 Å². The van der Waals surface area contributed by atoms with Gasteiger partial charge in [-0.2, -0.15) is 0 Å². The minimum absolute atomic E-state index is 0.000915. The number of amides is 1. The molecule has 1 aliphatic heterocycles. The zero-order valence-corrected chi connectivity index (χ0v) is 9.54. The number of anilines is 1. The molecule has 1 aromatic rings. The first-order valence-electron chi connectivity index (χ1n) is 5.32. The second kappa shape index (κ2) is 3.79. The Balaban J connectivity index is 2.19. The van der Waals surface area contributed by atoms with E-state index in [2.05, 4.69) is 5.32 Å². The molecular weight excluding hydrogens is 204 g/mol. The second-order valence-corrected chi connectivity index (χ2v) is 4.61. The fraction of sp³-hybridized carbons (Fsp3) is 0.417. The fourth-order valence-electron chi connectivity index (χ4n) is 1.90. The largest absolute Gasteiger partial charge is 0.487 e. The summed E-state index contributed by atoms with van der Waals surface area (Å²) in [6.07, 6.45) is 0.856. The Morgan fingerprint density at radius 1 is 1.56 bits per heavy atom. The summed E-state index contributed by atoms with van der Waals surface area (Å²) in [7, 11) is 0. The molecule has 2 rings (SSSR count). The van der Waals surface area contributed by atoms with Crippen molar-refractivity contribution in [2.75, 3.05) is 11.9 Å². The van der Waals surface area contributed by atoms with E-state index < -0.39 is 0 Å². The van der Waals surface area contributed by atoms with E-state index in [1.165, 1.54) is 0 Å². The molecule has 0 aromatic heterocycles. The van der Waals surface area contributed by atoms with Gasteiger partial charge in [0.1, 0.15) is 11.4 Å². The number of hydrogen-bond acceptors (Lipinski definition) is 3. The van der Waals surface area contributed by atoms with Gasteiger partial charge in [-0.15, -0.1) is 0 Å². The lowest BCUT2D eigenvalue weighted by atomic mass is 10.0. The molecule has 0 saturated carbocycles. The number of rotatable bonds is 2. The highest BCUT2D eigenvalue weighted by Crippen LogP contribution is 2.36. The van der Waals surface area contributed by atoms with Crippen LogP contribution in [-0.4, -0.2) is 18.1 Å². The molecule has 3 N–H and O–H groups in total. The molecule has 0 unspecified atom stereocenters. The van der Waals surface area contributed by atoms with Crippen LogP contribution in [0.25, 0.3) is 0 Å². The van der Waals surface area contributed by atoms with Gasteiger partial charge in [-0.3, -0.25) is 4.79 Å². The van der Waals surface area contributed by atoms with E-state index in [0.29, 0.717) is 0 Å². The number of ether oxygens (including phenoxy) is 1. The summed E-state index contributed by atoms with van der Waals surface area (Å²) in [5.41, 5.74) is 6.98. The summed E-state index contributed by atoms with van der Waals surface area (Å²) in [5, 5.41) is 2.73. The molecule has 16 heavy (non-hydrogen) atoms. The van der Waals surface area contributed by atoms with Crippen molar-refractivity contribution in [1.82, 2.24) is 0 Å². The Hall–Kier alpha value is -1.55. The van der Waals surface area contributed by atoms with Crippen molar-refractivity contribution >= 4 is 11.6 Å². The Morgan fingerprint density at radius 2 is 2.31 bits per heavy atom. The summed E-state index contributed by atoms with van der Waals surface area (Å²) in [6, 6.07) is 5.65. The maximum Gasteiger partial charge on any atom is 0.238 e. The van der Waals surface area contributed by atoms with Gasteiger partial charge in [0, 0.05) is 17.7 Å². The van der Waals surface area contributed by atoms with Crippen LogP contribution in [-0.2, 0) is 11.2 Å². The first-order valence-corrected chi connectivity index (χ1v) is 5.32. The van der Waals surface area contributed by atoms with E-state index in [1.807, 2.05) is 32.0 Å². The van der Waals surface area contributed by atoms with Crippen molar-refractivity contribution in [3.8, 4) is 5.75 Å². The average molecular weight is 220 g/mol. The van der Waals surface area contributed by atoms with Crippen molar-refractivity contribution in [2.45, 2.75) is 25.9 Å². The number of benzene rings is 1. The second-order valence-electron chi connectivity index (χ2n) is 4.61. The van der Waals surface area contributed by atoms with Crippen molar-refractivity contribution in [3.05, 3.63) is 23.8 Å². The summed E-state index contributed by atoms with van der Waals surface area (Å²) in [6.45, 7) is 4.09. The number of nitrogens with two attached hydrogens (primary N) is 1. The molecule has 4 nitrogen and oxygen atoms in total. The predicted octanol–water partition coefficient (Wildman–Crippen LogP) is 1.30. The summed E-state index contributed by atoms with van der Waals surface area (Å²) < 4.78 is 5.74. The van der Waals surface area contributed by atoms with Gasteiger partial charge >= 0.3 is 0 Å². The van der Waals surface area contributed by atoms with Crippen LogP contribution in [0.15, 0.2) is 18.2 Å². The molecule has 1 heterocycles. The smallest absolute Gasteiger partial charge is 0.238 e. The molecule has 0 spiro atoms. The lowest BCUT2D eigenvalue weighted by Crippen LogP contribution is -2.24. The number of fused-ring (bicyclic) bond motifs is 1. The minimum atomic E-state index is -0.182. The summed E-state index contributed by atoms with van der Waals surface area (Å²) in [5.74, 6) is 0.717. The van der Waals surface area contributed by atoms with Crippen molar-refractivity contribution in [3.63, 3.8) is 0 Å². The van der Waals surface area contributed by atoms with Gasteiger partial charge in [0.25, 0.3) is 0 Å². The maximum absolute atomic E-state index is 11.1. The van der Waals surface area contributed by atoms with Crippen molar-refractivity contribution in [1.29, 1.82) is 0 Å². The highest BCUT2D eigenvalue weighted by atomic mass is 16.5. The topological polar surface area (TPSA) is 64.4 Å². The molecule has 0 saturated heterocycles. The molecule has 1 aromatic carbocycles. The van der Waals surface area contributed by atoms with Gasteiger partial charge < -0.3 is 15.8 Å². The minimum Gasteiger partial charge on any atom is -0.487 e. The van der Waals surface area contributed by atoms with Gasteiger partial charge in [0.2, 0.25) is 5.91 Å². The van der Waals surface area contributed by atoms with Crippen LogP contribution in [0.3, 0.4) is 0 Å². The van der Waals surface area contributed by atoms with E-state index >= 15 is 0 Å². The number of hydrogen-bond donors (Lipinski definition) is 2. The monoisotopic (exact) mass is 220 g/mol. The lowest BCUT2D eigenvalue weighted by Gasteiger charge is -2.16. The van der Waals surface area contributed by atoms with Gasteiger partial charge in [-0.25, -0.2) is 0 Å². The zero-order chi connectivity index (χ0) is 11.8. The molecule has 0 atom stereocenters. The third kappa shape index (κ3) is 2.17. The predicted molar refractivity (Wildman–Crippen MR) is 62.5 cm³/mol. The SMILES string of the molecule is CC1(C)Cc2cc(NC(=O)CN)ccc2O1. The van der Waals surface area contributed by atoms with E-state index in [1.54, 1.807) is 0 Å². The van der Waals surface area contributed by atoms with Crippen LogP contribution in [0.4, 0.5) is 5.69 Å². The average Bonchev–Trinajstić information content (AvgIpc) is 2.51. The van der Waals surface area contributed by atoms with Gasteiger partial charge in [0.05, 0.1) is 6.54 Å². The highest BCUT2D eigenvalue weighted by Gasteiger charge is 2.29.